The van der Waals surface area contributed by atoms with E-state index in [9.17, 15) is 0 Å². The predicted molar refractivity (Wildman–Crippen MR) is 224 cm³/mol. The molecule has 10 aromatic rings. The quantitative estimate of drug-likeness (QED) is 0.192. The van der Waals surface area contributed by atoms with Crippen molar-refractivity contribution < 1.29 is 0 Å². The predicted octanol–water partition coefficient (Wildman–Crippen LogP) is 11.5. The van der Waals surface area contributed by atoms with Crippen molar-refractivity contribution in [3.63, 3.8) is 0 Å². The fourth-order valence-corrected chi connectivity index (χ4v) is 8.39. The summed E-state index contributed by atoms with van der Waals surface area (Å²) in [5.74, 6) is 1.51. The number of para-hydroxylation sites is 3. The lowest BCUT2D eigenvalue weighted by Gasteiger charge is -2.23. The van der Waals surface area contributed by atoms with Crippen LogP contribution in [0.2, 0.25) is 0 Å². The van der Waals surface area contributed by atoms with Crippen molar-refractivity contribution in [2.24, 2.45) is 9.98 Å². The molecule has 1 aliphatic rings. The molecule has 2 aromatic heterocycles. The van der Waals surface area contributed by atoms with Crippen LogP contribution in [-0.4, -0.2) is 20.8 Å². The third kappa shape index (κ3) is 4.65. The Hall–Kier alpha value is -7.24. The van der Waals surface area contributed by atoms with E-state index in [0.717, 1.165) is 39.4 Å². The van der Waals surface area contributed by atoms with Gasteiger partial charge in [0, 0.05) is 49.4 Å². The van der Waals surface area contributed by atoms with E-state index in [0.29, 0.717) is 5.84 Å². The molecule has 0 bridgehead atoms. The van der Waals surface area contributed by atoms with E-state index < -0.39 is 0 Å². The standard InChI is InChI=1S/C49H33N5/c1-4-16-32(17-5-1)47-50-48(33-18-6-2-7-19-33)52-49(51-47)34-28-30-36(31-29-34)53-42-27-15-13-25-40(42)44-45(53)38-23-11-10-22-37(38)43-39-24-12-14-26-41(39)54(46(43)44)35-20-8-3-9-21-35/h1-31,47H,(H,50,51,52). The first-order chi connectivity index (χ1) is 26.8. The molecule has 0 fully saturated rings. The fourth-order valence-electron chi connectivity index (χ4n) is 8.39. The third-order valence-corrected chi connectivity index (χ3v) is 10.7. The number of aliphatic imine (C=N–C) groups is 2. The van der Waals surface area contributed by atoms with Gasteiger partial charge in [-0.05, 0) is 59.5 Å². The molecule has 0 spiro atoms. The monoisotopic (exact) mass is 691 g/mol. The van der Waals surface area contributed by atoms with Gasteiger partial charge in [0.2, 0.25) is 0 Å². The molecule has 8 aromatic carbocycles. The summed E-state index contributed by atoms with van der Waals surface area (Å²) in [7, 11) is 0. The molecule has 1 atom stereocenters. The number of hydrogen-bond acceptors (Lipinski definition) is 3. The summed E-state index contributed by atoms with van der Waals surface area (Å²) in [6, 6.07) is 66.7. The molecular weight excluding hydrogens is 659 g/mol. The number of hydrogen-bond donors (Lipinski definition) is 1. The first-order valence-electron chi connectivity index (χ1n) is 18.4. The van der Waals surface area contributed by atoms with Crippen LogP contribution in [0.15, 0.2) is 198 Å². The lowest BCUT2D eigenvalue weighted by molar-refractivity contribution is 0.674. The molecule has 1 aliphatic heterocycles. The van der Waals surface area contributed by atoms with Crippen LogP contribution in [0.1, 0.15) is 22.9 Å². The topological polar surface area (TPSA) is 46.6 Å². The number of rotatable bonds is 5. The molecule has 11 rings (SSSR count). The van der Waals surface area contributed by atoms with Gasteiger partial charge in [-0.25, -0.2) is 9.98 Å². The minimum absolute atomic E-state index is 0.254. The maximum absolute atomic E-state index is 5.13. The van der Waals surface area contributed by atoms with Gasteiger partial charge in [0.1, 0.15) is 12.0 Å². The lowest BCUT2D eigenvalue weighted by atomic mass is 9.99. The summed E-state index contributed by atoms with van der Waals surface area (Å²) in [6.07, 6.45) is -0.254. The summed E-state index contributed by atoms with van der Waals surface area (Å²) >= 11 is 0. The van der Waals surface area contributed by atoms with Crippen LogP contribution in [0, 0.1) is 0 Å². The second-order valence-electron chi connectivity index (χ2n) is 13.8. The molecule has 5 heteroatoms. The second kappa shape index (κ2) is 12.2. The number of benzene rings is 8. The second-order valence-corrected chi connectivity index (χ2v) is 13.8. The largest absolute Gasteiger partial charge is 0.344 e. The van der Waals surface area contributed by atoms with Crippen molar-refractivity contribution in [2.75, 3.05) is 0 Å². The van der Waals surface area contributed by atoms with Crippen LogP contribution in [0.4, 0.5) is 0 Å². The van der Waals surface area contributed by atoms with Gasteiger partial charge in [0.25, 0.3) is 0 Å². The molecular formula is C49H33N5. The highest BCUT2D eigenvalue weighted by molar-refractivity contribution is 6.36. The Balaban J connectivity index is 1.16. The normalized spacial score (nSPS) is 14.5. The van der Waals surface area contributed by atoms with Crippen LogP contribution in [0.3, 0.4) is 0 Å². The zero-order valence-electron chi connectivity index (χ0n) is 29.3. The summed E-state index contributed by atoms with van der Waals surface area (Å²) in [5, 5.41) is 11.0. The summed E-state index contributed by atoms with van der Waals surface area (Å²) in [6.45, 7) is 0. The Morgan fingerprint density at radius 3 is 1.61 bits per heavy atom. The smallest absolute Gasteiger partial charge is 0.159 e. The van der Waals surface area contributed by atoms with Crippen LogP contribution in [0.5, 0.6) is 0 Å². The average molecular weight is 692 g/mol. The van der Waals surface area contributed by atoms with E-state index in [4.69, 9.17) is 9.98 Å². The number of fused-ring (bicyclic) bond motifs is 10. The molecule has 254 valence electrons. The van der Waals surface area contributed by atoms with Gasteiger partial charge in [-0.3, -0.25) is 0 Å². The molecule has 1 N–H and O–H groups in total. The van der Waals surface area contributed by atoms with Crippen LogP contribution in [-0.2, 0) is 0 Å². The SMILES string of the molecule is c1ccc(C2=NC(c3ccc(-n4c5ccccc5c5c4c4ccccc4c4c6ccccc6n(-c6ccccc6)c45)cc3)=NC(c3ccccc3)N2)cc1. The Labute approximate surface area is 311 Å². The highest BCUT2D eigenvalue weighted by Gasteiger charge is 2.25. The van der Waals surface area contributed by atoms with E-state index in [-0.39, 0.29) is 6.17 Å². The number of nitrogens with zero attached hydrogens (tertiary/aromatic N) is 4. The first-order valence-corrected chi connectivity index (χ1v) is 18.4. The van der Waals surface area contributed by atoms with E-state index in [1.165, 1.54) is 48.9 Å². The van der Waals surface area contributed by atoms with E-state index in [2.05, 4.69) is 178 Å². The lowest BCUT2D eigenvalue weighted by Crippen LogP contribution is -2.33. The minimum atomic E-state index is -0.254. The molecule has 0 radical (unpaired) electrons. The molecule has 54 heavy (non-hydrogen) atoms. The Morgan fingerprint density at radius 1 is 0.407 bits per heavy atom. The third-order valence-electron chi connectivity index (χ3n) is 10.7. The van der Waals surface area contributed by atoms with Gasteiger partial charge < -0.3 is 14.5 Å². The number of aromatic nitrogens is 2. The van der Waals surface area contributed by atoms with Gasteiger partial charge in [-0.15, -0.1) is 0 Å². The molecule has 0 aliphatic carbocycles. The Morgan fingerprint density at radius 2 is 0.926 bits per heavy atom. The van der Waals surface area contributed by atoms with Crippen molar-refractivity contribution in [3.8, 4) is 11.4 Å². The molecule has 0 saturated carbocycles. The highest BCUT2D eigenvalue weighted by atomic mass is 15.2. The summed E-state index contributed by atoms with van der Waals surface area (Å²) < 4.78 is 4.90. The van der Waals surface area contributed by atoms with E-state index in [1.807, 2.05) is 24.3 Å². The van der Waals surface area contributed by atoms with Crippen molar-refractivity contribution in [1.82, 2.24) is 14.5 Å². The van der Waals surface area contributed by atoms with Gasteiger partial charge in [0.05, 0.1) is 22.1 Å². The first kappa shape index (κ1) is 30.4. The molecule has 3 heterocycles. The Bertz CT molecular complexity index is 3100. The maximum atomic E-state index is 5.13. The maximum Gasteiger partial charge on any atom is 0.159 e. The van der Waals surface area contributed by atoms with E-state index >= 15 is 0 Å². The average Bonchev–Trinajstić information content (AvgIpc) is 3.79. The van der Waals surface area contributed by atoms with Crippen molar-refractivity contribution >= 4 is 66.1 Å². The van der Waals surface area contributed by atoms with Crippen molar-refractivity contribution in [3.05, 3.63) is 205 Å². The molecule has 5 nitrogen and oxygen atoms in total. The highest BCUT2D eigenvalue weighted by Crippen LogP contribution is 2.46. The summed E-state index contributed by atoms with van der Waals surface area (Å²) in [5.41, 5.74) is 10.1. The van der Waals surface area contributed by atoms with Crippen LogP contribution < -0.4 is 5.32 Å². The molecule has 0 amide bonds. The molecule has 1 unspecified atom stereocenters. The number of amidine groups is 2. The van der Waals surface area contributed by atoms with Gasteiger partial charge in [0.15, 0.2) is 5.84 Å². The zero-order chi connectivity index (χ0) is 35.6. The van der Waals surface area contributed by atoms with Gasteiger partial charge >= 0.3 is 0 Å². The van der Waals surface area contributed by atoms with Crippen LogP contribution in [0.25, 0.3) is 65.8 Å². The summed E-state index contributed by atoms with van der Waals surface area (Å²) in [4.78, 5) is 10.2. The zero-order valence-corrected chi connectivity index (χ0v) is 29.3. The van der Waals surface area contributed by atoms with Gasteiger partial charge in [-0.2, -0.15) is 0 Å². The number of nitrogens with one attached hydrogen (secondary N) is 1. The fraction of sp³-hybridized carbons (Fsp3) is 0.0204. The molecule has 0 saturated heterocycles. The van der Waals surface area contributed by atoms with E-state index in [1.54, 1.807) is 0 Å². The van der Waals surface area contributed by atoms with Crippen molar-refractivity contribution in [2.45, 2.75) is 6.17 Å². The van der Waals surface area contributed by atoms with Crippen molar-refractivity contribution in [1.29, 1.82) is 0 Å². The Kier molecular flexibility index (Phi) is 6.85. The van der Waals surface area contributed by atoms with Gasteiger partial charge in [-0.1, -0.05) is 140 Å². The van der Waals surface area contributed by atoms with Crippen LogP contribution >= 0.6 is 0 Å². The minimum Gasteiger partial charge on any atom is -0.344 e.